The van der Waals surface area contributed by atoms with Gasteiger partial charge in [-0.2, -0.15) is 0 Å². The molecule has 18 N–H and O–H groups in total. The summed E-state index contributed by atoms with van der Waals surface area (Å²) in [6, 6.07) is 25.6. The Balaban J connectivity index is 0.000000265. The second-order valence-corrected chi connectivity index (χ2v) is 35.7. The SMILES string of the molecule is CC(=O)N[C@@H](Cc1ccccc1)C(=O)N[C@H]1CCCNC(=O)[C@H](CCCN=C(N)N)CC(=O)[C@H](Cc2ccccc2)NC(=O)[C@@H](CC2CCCCC2)NC(=O)[C@@H]2CCCN2C1=O.CC(=O)N[C@@H](Cc1ccccc1)C(=O)N[C@H]1CCCNC(=O)[C@H](CCCN=C(N)N)CC(=O)[C@H](Cc2csc3ccccc23)NC(=O)[C@@H](CC2CCCCC2)NC(=O)[C@@H]2CCCN2C1=O. The average molecular weight is 1770 g/mol. The number of guanidine groups is 2. The third-order valence-electron chi connectivity index (χ3n) is 25.0. The summed E-state index contributed by atoms with van der Waals surface area (Å²) >= 11 is 1.55. The molecule has 686 valence electrons. The number of nitrogens with zero attached hydrogens (tertiary/aromatic N) is 4. The van der Waals surface area contributed by atoms with Crippen LogP contribution in [0.4, 0.5) is 0 Å². The van der Waals surface area contributed by atoms with E-state index in [9.17, 15) is 67.1 Å². The highest BCUT2D eigenvalue weighted by molar-refractivity contribution is 7.17. The molecule has 0 bridgehead atoms. The van der Waals surface area contributed by atoms with Crippen LogP contribution in [0.15, 0.2) is 131 Å². The van der Waals surface area contributed by atoms with Gasteiger partial charge in [0, 0.05) is 102 Å². The van der Waals surface area contributed by atoms with Crippen molar-refractivity contribution in [2.75, 3.05) is 39.3 Å². The molecule has 0 spiro atoms. The number of Topliss-reactive ketones (excluding diaryl/α,β-unsaturated/α-hetero) is 2. The van der Waals surface area contributed by atoms with E-state index >= 15 is 0 Å². The van der Waals surface area contributed by atoms with Crippen LogP contribution in [-0.4, -0.2) is 204 Å². The second-order valence-electron chi connectivity index (χ2n) is 34.8. The number of nitrogens with two attached hydrogens (primary N) is 4. The molecule has 5 aromatic rings. The molecule has 6 fully saturated rings. The Morgan fingerprint density at radius 2 is 0.835 bits per heavy atom. The lowest BCUT2D eigenvalue weighted by Crippen LogP contribution is -2.59. The molecule has 0 radical (unpaired) electrons. The van der Waals surface area contributed by atoms with E-state index < -0.39 is 131 Å². The number of carbonyl (C=O) groups is 14. The highest BCUT2D eigenvalue weighted by Crippen LogP contribution is 2.33. The topological polar surface area (TPSA) is 495 Å². The molecule has 12 amide bonds. The molecule has 12 atom stereocenters. The number of nitrogens with one attached hydrogen (secondary N) is 10. The molecule has 4 aromatic carbocycles. The minimum atomic E-state index is -1.11. The number of aliphatic imine (C=N–C) groups is 2. The van der Waals surface area contributed by atoms with E-state index in [2.05, 4.69) is 63.2 Å². The van der Waals surface area contributed by atoms with E-state index in [-0.39, 0.29) is 163 Å². The van der Waals surface area contributed by atoms with Crippen molar-refractivity contribution in [1.29, 1.82) is 0 Å². The Labute approximate surface area is 747 Å². The van der Waals surface area contributed by atoms with E-state index in [1.165, 1.54) is 23.6 Å². The zero-order valence-electron chi connectivity index (χ0n) is 73.3. The van der Waals surface area contributed by atoms with Crippen molar-refractivity contribution in [2.24, 2.45) is 56.6 Å². The molecule has 127 heavy (non-hydrogen) atoms. The number of hydrogen-bond acceptors (Lipinski definition) is 17. The number of amides is 12. The molecule has 2 aliphatic carbocycles. The Bertz CT molecular complexity index is 4610. The van der Waals surface area contributed by atoms with Crippen molar-refractivity contribution in [3.63, 3.8) is 0 Å². The predicted molar refractivity (Wildman–Crippen MR) is 485 cm³/mol. The molecule has 32 nitrogen and oxygen atoms in total. The lowest BCUT2D eigenvalue weighted by Gasteiger charge is -2.32. The van der Waals surface area contributed by atoms with Crippen molar-refractivity contribution in [2.45, 2.75) is 267 Å². The molecule has 33 heteroatoms. The van der Waals surface area contributed by atoms with Crippen LogP contribution in [0.2, 0.25) is 0 Å². The fourth-order valence-corrected chi connectivity index (χ4v) is 19.3. The first-order valence-corrected chi connectivity index (χ1v) is 46.4. The lowest BCUT2D eigenvalue weighted by atomic mass is 9.84. The summed E-state index contributed by atoms with van der Waals surface area (Å²) in [6.45, 7) is 3.87. The monoisotopic (exact) mass is 1770 g/mol. The van der Waals surface area contributed by atoms with Crippen LogP contribution >= 0.6 is 11.3 Å². The first kappa shape index (κ1) is 97.6. The van der Waals surface area contributed by atoms with Gasteiger partial charge in [0.2, 0.25) is 70.9 Å². The van der Waals surface area contributed by atoms with E-state index in [4.69, 9.17) is 22.9 Å². The van der Waals surface area contributed by atoms with Gasteiger partial charge in [-0.15, -0.1) is 11.3 Å². The Kier molecular flexibility index (Phi) is 38.4. The fraction of sp³-hybridized carbons (Fsp3) is 0.553. The number of carbonyl (C=O) groups excluding carboxylic acids is 14. The largest absolute Gasteiger partial charge is 0.370 e. The van der Waals surface area contributed by atoms with Gasteiger partial charge < -0.3 is 85.9 Å². The zero-order valence-corrected chi connectivity index (χ0v) is 74.1. The number of hydrogen-bond donors (Lipinski definition) is 14. The predicted octanol–water partition coefficient (Wildman–Crippen LogP) is 5.08. The second kappa shape index (κ2) is 50.0. The van der Waals surface area contributed by atoms with E-state index in [1.54, 1.807) is 11.3 Å². The van der Waals surface area contributed by atoms with Gasteiger partial charge in [0.25, 0.3) is 0 Å². The van der Waals surface area contributed by atoms with Crippen LogP contribution < -0.4 is 76.1 Å². The van der Waals surface area contributed by atoms with Gasteiger partial charge in [0.1, 0.15) is 48.3 Å². The Morgan fingerprint density at radius 3 is 1.25 bits per heavy atom. The maximum atomic E-state index is 14.6. The van der Waals surface area contributed by atoms with Crippen molar-refractivity contribution in [1.82, 2.24) is 63.0 Å². The molecule has 0 unspecified atom stereocenters. The van der Waals surface area contributed by atoms with Crippen molar-refractivity contribution < 1.29 is 67.1 Å². The molecule has 6 aliphatic rings. The third-order valence-corrected chi connectivity index (χ3v) is 26.0. The number of fused-ring (bicyclic) bond motifs is 3. The third kappa shape index (κ3) is 30.8. The first-order chi connectivity index (χ1) is 61.2. The minimum absolute atomic E-state index is 0.0872. The Morgan fingerprint density at radius 1 is 0.441 bits per heavy atom. The van der Waals surface area contributed by atoms with Crippen LogP contribution in [0.3, 0.4) is 0 Å². The maximum Gasteiger partial charge on any atom is 0.245 e. The van der Waals surface area contributed by atoms with Gasteiger partial charge in [-0.3, -0.25) is 77.1 Å². The maximum absolute atomic E-state index is 14.6. The van der Waals surface area contributed by atoms with Gasteiger partial charge in [-0.05, 0) is 147 Å². The van der Waals surface area contributed by atoms with Crippen molar-refractivity contribution in [3.05, 3.63) is 143 Å². The van der Waals surface area contributed by atoms with Crippen LogP contribution in [-0.2, 0) is 92.8 Å². The molecule has 4 aliphatic heterocycles. The molecule has 1 aromatic heterocycles. The van der Waals surface area contributed by atoms with Crippen molar-refractivity contribution >= 4 is 116 Å². The van der Waals surface area contributed by atoms with Gasteiger partial charge >= 0.3 is 0 Å². The molecule has 4 saturated heterocycles. The number of rotatable bonds is 26. The van der Waals surface area contributed by atoms with E-state index in [0.717, 1.165) is 96.5 Å². The summed E-state index contributed by atoms with van der Waals surface area (Å²) in [5, 5.41) is 32.1. The van der Waals surface area contributed by atoms with E-state index in [1.807, 2.05) is 121 Å². The highest BCUT2D eigenvalue weighted by Gasteiger charge is 2.44. The molecule has 2 saturated carbocycles. The molecular formula is C94H130N18O14S. The van der Waals surface area contributed by atoms with Crippen LogP contribution in [0.5, 0.6) is 0 Å². The lowest BCUT2D eigenvalue weighted by molar-refractivity contribution is -0.143. The number of ketones is 2. The first-order valence-electron chi connectivity index (χ1n) is 45.5. The molecule has 5 heterocycles. The summed E-state index contributed by atoms with van der Waals surface area (Å²) in [7, 11) is 0. The Hall–Kier alpha value is -11.6. The normalized spacial score (nSPS) is 23.8. The van der Waals surface area contributed by atoms with Gasteiger partial charge in [0.05, 0.1) is 12.1 Å². The number of thiophene rings is 1. The standard InChI is InChI=1S/C48H65N9O7S.C46H65N9O7/c1-30(58)53-38(25-31-13-4-2-5-14-31)44(61)54-36-19-11-22-51-43(60)33(17-10-23-52-48(49)50)28-41(59)37(27-34-29-65-42-21-9-8-18-35(34)42)55-45(62)39(26-32-15-6-3-7-16-32)56-46(63)40-20-12-24-57(40)47(36)64;1-30(56)51-37(27-32-16-7-3-8-17-32)42(59)52-35-21-12-23-49-41(58)34(20-11-24-50-46(47)48)29-40(57)36(26-31-14-5-2-6-15-31)53-43(60)38(28-33-18-9-4-10-19-33)54-44(61)39-22-13-25-55(39)45(35)62/h2,4-5,8-9,13-14,18,21,29,32-33,36-40H,3,6-7,10-12,15-17,19-20,22-28H2,1H3,(H,51,60)(H,53,58)(H,54,61)(H,55,62)(H,56,63)(H4,49,50,52);2-3,5-8,14-17,33-39H,4,9-13,18-29H2,1H3,(H,49,58)(H,51,56)(H,52,59)(H,53,60)(H,54,61)(H4,47,48,50)/t33-,36+,37+,38+,39-,40+;34-,35+,36+,37+,38-,39+/m11/s1. The smallest absolute Gasteiger partial charge is 0.245 e. The number of benzene rings is 4. The summed E-state index contributed by atoms with van der Waals surface area (Å²) in [6.07, 6.45) is 14.8. The minimum Gasteiger partial charge on any atom is -0.370 e. The van der Waals surface area contributed by atoms with Gasteiger partial charge in [-0.1, -0.05) is 173 Å². The highest BCUT2D eigenvalue weighted by atomic mass is 32.1. The zero-order chi connectivity index (χ0) is 90.7. The average Bonchev–Trinajstić information content (AvgIpc) is 1.73. The summed E-state index contributed by atoms with van der Waals surface area (Å²) < 4.78 is 1.04. The summed E-state index contributed by atoms with van der Waals surface area (Å²) in [5.74, 6) is -7.68. The summed E-state index contributed by atoms with van der Waals surface area (Å²) in [4.78, 5) is 207. The van der Waals surface area contributed by atoms with Crippen molar-refractivity contribution in [3.8, 4) is 0 Å². The summed E-state index contributed by atoms with van der Waals surface area (Å²) in [5.41, 5.74) is 25.5. The molecular weight excluding hydrogens is 1640 g/mol. The fourth-order valence-electron chi connectivity index (χ4n) is 18.3. The van der Waals surface area contributed by atoms with Crippen LogP contribution in [0.1, 0.15) is 203 Å². The van der Waals surface area contributed by atoms with Crippen LogP contribution in [0, 0.1) is 23.7 Å². The quantitative estimate of drug-likeness (QED) is 0.0195. The van der Waals surface area contributed by atoms with E-state index in [0.29, 0.717) is 51.4 Å². The molecule has 11 rings (SSSR count). The van der Waals surface area contributed by atoms with Gasteiger partial charge in [0.15, 0.2) is 23.5 Å². The van der Waals surface area contributed by atoms with Crippen LogP contribution in [0.25, 0.3) is 10.1 Å². The van der Waals surface area contributed by atoms with Gasteiger partial charge in [-0.25, -0.2) is 0 Å².